The number of carbonyl (C=O) groups is 1. The van der Waals surface area contributed by atoms with Crippen molar-refractivity contribution in [2.45, 2.75) is 18.9 Å². The van der Waals surface area contributed by atoms with Crippen LogP contribution >= 0.6 is 0 Å². The predicted octanol–water partition coefficient (Wildman–Crippen LogP) is 0.905. The number of nitrogens with zero attached hydrogens (tertiary/aromatic N) is 7. The standard InChI is InChI=1S/C22H23N7O4/c1-27-17-11-23-16-4-3-15(13-9-24-21(33-2)25-10-13)26-19(16)20(17)29(22(27)32)14-5-7-28(8-6-14)18(31)12-30/h3-4,9-11,14,30H,5-8,12H2,1-2H3. The molecule has 0 bridgehead atoms. The van der Waals surface area contributed by atoms with E-state index < -0.39 is 6.61 Å². The van der Waals surface area contributed by atoms with Gasteiger partial charge in [0.25, 0.3) is 0 Å². The van der Waals surface area contributed by atoms with Crippen LogP contribution in [0.4, 0.5) is 0 Å². The predicted molar refractivity (Wildman–Crippen MR) is 120 cm³/mol. The molecule has 1 amide bonds. The Morgan fingerprint density at radius 3 is 2.55 bits per heavy atom. The third-order valence-electron chi connectivity index (χ3n) is 6.19. The summed E-state index contributed by atoms with van der Waals surface area (Å²) in [6.07, 6.45) is 6.19. The van der Waals surface area contributed by atoms with E-state index in [9.17, 15) is 9.59 Å². The molecule has 0 unspecified atom stereocenters. The van der Waals surface area contributed by atoms with Gasteiger partial charge in [0.15, 0.2) is 0 Å². The highest BCUT2D eigenvalue weighted by molar-refractivity contribution is 6.00. The molecular weight excluding hydrogens is 426 g/mol. The van der Waals surface area contributed by atoms with Crippen LogP contribution in [0.2, 0.25) is 0 Å². The molecule has 1 N–H and O–H groups in total. The molecule has 0 radical (unpaired) electrons. The van der Waals surface area contributed by atoms with Crippen molar-refractivity contribution in [1.82, 2.24) is 34.0 Å². The number of aryl methyl sites for hydroxylation is 1. The summed E-state index contributed by atoms with van der Waals surface area (Å²) >= 11 is 0. The molecule has 0 saturated carbocycles. The molecule has 11 heteroatoms. The highest BCUT2D eigenvalue weighted by Gasteiger charge is 2.28. The van der Waals surface area contributed by atoms with Crippen LogP contribution in [0.1, 0.15) is 18.9 Å². The van der Waals surface area contributed by atoms with Gasteiger partial charge in [-0.15, -0.1) is 0 Å². The number of aromatic nitrogens is 6. The second-order valence-corrected chi connectivity index (χ2v) is 8.00. The van der Waals surface area contributed by atoms with Gasteiger partial charge in [-0.1, -0.05) is 0 Å². The third kappa shape index (κ3) is 3.50. The maximum atomic E-state index is 13.2. The van der Waals surface area contributed by atoms with E-state index in [1.165, 1.54) is 7.11 Å². The number of aliphatic hydroxyl groups excluding tert-OH is 1. The van der Waals surface area contributed by atoms with Gasteiger partial charge >= 0.3 is 11.7 Å². The van der Waals surface area contributed by atoms with Crippen LogP contribution in [0.25, 0.3) is 33.3 Å². The van der Waals surface area contributed by atoms with E-state index in [4.69, 9.17) is 14.8 Å². The minimum absolute atomic E-state index is 0.0932. The highest BCUT2D eigenvalue weighted by Crippen LogP contribution is 2.30. The molecule has 0 atom stereocenters. The van der Waals surface area contributed by atoms with E-state index >= 15 is 0 Å². The van der Waals surface area contributed by atoms with E-state index in [1.807, 2.05) is 12.1 Å². The number of pyridine rings is 2. The van der Waals surface area contributed by atoms with Crippen molar-refractivity contribution in [2.24, 2.45) is 7.05 Å². The molecular formula is C22H23N7O4. The Morgan fingerprint density at radius 2 is 1.88 bits per heavy atom. The molecule has 1 aliphatic heterocycles. The first-order chi connectivity index (χ1) is 16.0. The van der Waals surface area contributed by atoms with Crippen LogP contribution in [-0.2, 0) is 11.8 Å². The smallest absolute Gasteiger partial charge is 0.329 e. The average Bonchev–Trinajstić information content (AvgIpc) is 3.13. The SMILES string of the molecule is COc1ncc(-c2ccc3ncc4c(c3n2)n(C2CCN(C(=O)CO)CC2)c(=O)n4C)cn1. The molecule has 5 heterocycles. The number of hydrogen-bond donors (Lipinski definition) is 1. The highest BCUT2D eigenvalue weighted by atomic mass is 16.5. The maximum Gasteiger partial charge on any atom is 0.329 e. The summed E-state index contributed by atoms with van der Waals surface area (Å²) in [4.78, 5) is 44.4. The number of imidazole rings is 1. The first-order valence-corrected chi connectivity index (χ1v) is 10.6. The lowest BCUT2D eigenvalue weighted by Gasteiger charge is -2.32. The van der Waals surface area contributed by atoms with E-state index in [0.717, 1.165) is 11.1 Å². The van der Waals surface area contributed by atoms with Crippen molar-refractivity contribution in [2.75, 3.05) is 26.8 Å². The van der Waals surface area contributed by atoms with Crippen molar-refractivity contribution < 1.29 is 14.6 Å². The number of amides is 1. The van der Waals surface area contributed by atoms with Gasteiger partial charge < -0.3 is 14.7 Å². The summed E-state index contributed by atoms with van der Waals surface area (Å²) in [5, 5.41) is 9.15. The zero-order valence-corrected chi connectivity index (χ0v) is 18.3. The summed E-state index contributed by atoms with van der Waals surface area (Å²) in [5.41, 5.74) is 3.93. The minimum Gasteiger partial charge on any atom is -0.467 e. The number of methoxy groups -OCH3 is 1. The van der Waals surface area contributed by atoms with Gasteiger partial charge in [-0.25, -0.2) is 19.7 Å². The summed E-state index contributed by atoms with van der Waals surface area (Å²) in [7, 11) is 3.23. The lowest BCUT2D eigenvalue weighted by molar-refractivity contribution is -0.135. The van der Waals surface area contributed by atoms with Gasteiger partial charge in [0.05, 0.1) is 35.6 Å². The van der Waals surface area contributed by atoms with Crippen molar-refractivity contribution in [1.29, 1.82) is 0 Å². The lowest BCUT2D eigenvalue weighted by atomic mass is 10.0. The fourth-order valence-electron chi connectivity index (χ4n) is 4.41. The normalized spacial score (nSPS) is 14.8. The summed E-state index contributed by atoms with van der Waals surface area (Å²) < 4.78 is 8.39. The van der Waals surface area contributed by atoms with Gasteiger partial charge in [0.2, 0.25) is 5.91 Å². The molecule has 4 aromatic rings. The van der Waals surface area contributed by atoms with Crippen molar-refractivity contribution in [3.63, 3.8) is 0 Å². The number of aliphatic hydroxyl groups is 1. The number of carbonyl (C=O) groups excluding carboxylic acids is 1. The van der Waals surface area contributed by atoms with Gasteiger partial charge in [0.1, 0.15) is 12.1 Å². The molecule has 4 aromatic heterocycles. The van der Waals surface area contributed by atoms with Crippen LogP contribution in [0.3, 0.4) is 0 Å². The number of likely N-dealkylation sites (tertiary alicyclic amines) is 1. The minimum atomic E-state index is -0.503. The van der Waals surface area contributed by atoms with E-state index in [1.54, 1.807) is 39.7 Å². The topological polar surface area (TPSA) is 128 Å². The second-order valence-electron chi connectivity index (χ2n) is 8.00. The van der Waals surface area contributed by atoms with Gasteiger partial charge in [0, 0.05) is 44.1 Å². The quantitative estimate of drug-likeness (QED) is 0.487. The van der Waals surface area contributed by atoms with Gasteiger partial charge in [-0.05, 0) is 25.0 Å². The first kappa shape index (κ1) is 21.0. The fraction of sp³-hybridized carbons (Fsp3) is 0.364. The Bertz CT molecular complexity index is 1400. The zero-order chi connectivity index (χ0) is 23.1. The van der Waals surface area contributed by atoms with E-state index in [0.29, 0.717) is 48.2 Å². The second kappa shape index (κ2) is 8.24. The molecule has 170 valence electrons. The molecule has 1 saturated heterocycles. The van der Waals surface area contributed by atoms with Crippen LogP contribution in [0, 0.1) is 0 Å². The molecule has 5 rings (SSSR count). The van der Waals surface area contributed by atoms with E-state index in [2.05, 4.69) is 15.0 Å². The van der Waals surface area contributed by atoms with Crippen LogP contribution in [0.5, 0.6) is 6.01 Å². The molecule has 1 fully saturated rings. The molecule has 0 aromatic carbocycles. The lowest BCUT2D eigenvalue weighted by Crippen LogP contribution is -2.42. The third-order valence-corrected chi connectivity index (χ3v) is 6.19. The first-order valence-electron chi connectivity index (χ1n) is 10.6. The number of rotatable bonds is 4. The Balaban J connectivity index is 1.63. The van der Waals surface area contributed by atoms with Gasteiger partial charge in [-0.3, -0.25) is 18.9 Å². The largest absolute Gasteiger partial charge is 0.467 e. The Kier molecular flexibility index (Phi) is 5.25. The van der Waals surface area contributed by atoms with Crippen molar-refractivity contribution in [3.8, 4) is 17.3 Å². The average molecular weight is 449 g/mol. The molecule has 0 spiro atoms. The monoisotopic (exact) mass is 449 g/mol. The number of hydrogen-bond acceptors (Lipinski definition) is 8. The Hall–Kier alpha value is -3.86. The summed E-state index contributed by atoms with van der Waals surface area (Å²) in [6, 6.07) is 3.89. The fourth-order valence-corrected chi connectivity index (χ4v) is 4.41. The Labute approximate surface area is 188 Å². The molecule has 33 heavy (non-hydrogen) atoms. The van der Waals surface area contributed by atoms with Crippen molar-refractivity contribution in [3.05, 3.63) is 41.2 Å². The van der Waals surface area contributed by atoms with Crippen molar-refractivity contribution >= 4 is 28.0 Å². The molecule has 0 aliphatic carbocycles. The van der Waals surface area contributed by atoms with Crippen LogP contribution < -0.4 is 10.4 Å². The molecule has 1 aliphatic rings. The van der Waals surface area contributed by atoms with Crippen LogP contribution in [0.15, 0.2) is 35.5 Å². The molecule has 11 nitrogen and oxygen atoms in total. The number of fused-ring (bicyclic) bond motifs is 3. The summed E-state index contributed by atoms with van der Waals surface area (Å²) in [5.74, 6) is -0.290. The van der Waals surface area contributed by atoms with Crippen LogP contribution in [-0.4, -0.2) is 71.8 Å². The zero-order valence-electron chi connectivity index (χ0n) is 18.3. The van der Waals surface area contributed by atoms with Gasteiger partial charge in [-0.2, -0.15) is 0 Å². The maximum absolute atomic E-state index is 13.2. The Morgan fingerprint density at radius 1 is 1.15 bits per heavy atom. The summed E-state index contributed by atoms with van der Waals surface area (Å²) in [6.45, 7) is 0.465. The number of ether oxygens (including phenoxy) is 1. The number of piperidine rings is 1. The van der Waals surface area contributed by atoms with E-state index in [-0.39, 0.29) is 23.6 Å².